The summed E-state index contributed by atoms with van der Waals surface area (Å²) in [6.45, 7) is 1.93. The number of halogens is 1. The van der Waals surface area contributed by atoms with E-state index < -0.39 is 12.0 Å². The lowest BCUT2D eigenvalue weighted by molar-refractivity contribution is -0.142. The van der Waals surface area contributed by atoms with Gasteiger partial charge in [-0.1, -0.05) is 22.0 Å². The minimum Gasteiger partial charge on any atom is -0.480 e. The number of carboxylic acid groups (broad SMARTS) is 1. The van der Waals surface area contributed by atoms with Crippen molar-refractivity contribution in [2.45, 2.75) is 32.2 Å². The molecule has 19 heavy (non-hydrogen) atoms. The van der Waals surface area contributed by atoms with Gasteiger partial charge in [0.2, 0.25) is 5.91 Å². The van der Waals surface area contributed by atoms with Crippen LogP contribution in [0.4, 0.5) is 0 Å². The van der Waals surface area contributed by atoms with Gasteiger partial charge in [-0.2, -0.15) is 0 Å². The molecular weight excluding hydrogens is 310 g/mol. The number of rotatable bonds is 5. The zero-order valence-corrected chi connectivity index (χ0v) is 12.2. The van der Waals surface area contributed by atoms with Crippen LogP contribution in [-0.2, 0) is 16.0 Å². The van der Waals surface area contributed by atoms with Gasteiger partial charge in [0.05, 0.1) is 6.42 Å². The Morgan fingerprint density at radius 2 is 2.16 bits per heavy atom. The molecule has 1 unspecified atom stereocenters. The van der Waals surface area contributed by atoms with E-state index in [-0.39, 0.29) is 18.2 Å². The number of hydrogen-bond acceptors (Lipinski definition) is 2. The lowest BCUT2D eigenvalue weighted by atomic mass is 10.1. The Hall–Kier alpha value is -1.36. The summed E-state index contributed by atoms with van der Waals surface area (Å²) in [4.78, 5) is 23.0. The first-order valence-electron chi connectivity index (χ1n) is 6.24. The molecule has 1 atom stereocenters. The van der Waals surface area contributed by atoms with E-state index in [1.165, 1.54) is 0 Å². The molecule has 0 aliphatic heterocycles. The zero-order chi connectivity index (χ0) is 14.0. The van der Waals surface area contributed by atoms with Crippen molar-refractivity contribution < 1.29 is 14.7 Å². The Kier molecular flexibility index (Phi) is 4.24. The molecule has 5 heteroatoms. The van der Waals surface area contributed by atoms with E-state index in [9.17, 15) is 9.59 Å². The third-order valence-corrected chi connectivity index (χ3v) is 3.82. The van der Waals surface area contributed by atoms with E-state index in [1.807, 2.05) is 25.1 Å². The molecule has 1 amide bonds. The van der Waals surface area contributed by atoms with Crippen molar-refractivity contribution >= 4 is 27.8 Å². The second-order valence-electron chi connectivity index (χ2n) is 4.97. The highest BCUT2D eigenvalue weighted by Gasteiger charge is 2.37. The smallest absolute Gasteiger partial charge is 0.326 e. The number of carboxylic acids is 1. The van der Waals surface area contributed by atoms with E-state index in [0.29, 0.717) is 0 Å². The van der Waals surface area contributed by atoms with Crippen LogP contribution in [0.15, 0.2) is 22.7 Å². The molecule has 0 aromatic heterocycles. The second-order valence-corrected chi connectivity index (χ2v) is 5.88. The predicted molar refractivity (Wildman–Crippen MR) is 74.9 cm³/mol. The largest absolute Gasteiger partial charge is 0.480 e. The Bertz CT molecular complexity index is 511. The maximum Gasteiger partial charge on any atom is 0.326 e. The molecule has 1 saturated carbocycles. The first kappa shape index (κ1) is 14.1. The number of carbonyl (C=O) groups is 2. The van der Waals surface area contributed by atoms with Gasteiger partial charge in [0.25, 0.3) is 0 Å². The van der Waals surface area contributed by atoms with E-state index in [1.54, 1.807) is 0 Å². The van der Waals surface area contributed by atoms with Gasteiger partial charge < -0.3 is 10.4 Å². The molecule has 0 radical (unpaired) electrons. The van der Waals surface area contributed by atoms with Crippen LogP contribution in [0.2, 0.25) is 0 Å². The van der Waals surface area contributed by atoms with Crippen molar-refractivity contribution in [2.24, 2.45) is 5.92 Å². The Balaban J connectivity index is 1.98. The topological polar surface area (TPSA) is 66.4 Å². The zero-order valence-electron chi connectivity index (χ0n) is 10.6. The van der Waals surface area contributed by atoms with Gasteiger partial charge in [-0.15, -0.1) is 0 Å². The van der Waals surface area contributed by atoms with Crippen LogP contribution in [-0.4, -0.2) is 23.0 Å². The molecule has 0 heterocycles. The van der Waals surface area contributed by atoms with Gasteiger partial charge in [-0.3, -0.25) is 4.79 Å². The number of aliphatic carboxylic acids is 1. The van der Waals surface area contributed by atoms with Gasteiger partial charge >= 0.3 is 5.97 Å². The minimum absolute atomic E-state index is 0.104. The molecule has 102 valence electrons. The van der Waals surface area contributed by atoms with Gasteiger partial charge in [-0.05, 0) is 48.9 Å². The molecule has 1 aliphatic carbocycles. The van der Waals surface area contributed by atoms with Crippen molar-refractivity contribution in [2.75, 3.05) is 0 Å². The summed E-state index contributed by atoms with van der Waals surface area (Å²) in [6, 6.07) is 4.97. The van der Waals surface area contributed by atoms with Crippen LogP contribution in [0.25, 0.3) is 0 Å². The quantitative estimate of drug-likeness (QED) is 0.872. The molecule has 0 saturated heterocycles. The number of carbonyl (C=O) groups excluding carboxylic acids is 1. The summed E-state index contributed by atoms with van der Waals surface area (Å²) < 4.78 is 0.968. The summed E-state index contributed by atoms with van der Waals surface area (Å²) in [5.41, 5.74) is 1.93. The molecule has 4 nitrogen and oxygen atoms in total. The second kappa shape index (κ2) is 5.74. The number of aryl methyl sites for hydroxylation is 1. The van der Waals surface area contributed by atoms with E-state index in [4.69, 9.17) is 5.11 Å². The van der Waals surface area contributed by atoms with Crippen molar-refractivity contribution in [3.63, 3.8) is 0 Å². The van der Waals surface area contributed by atoms with E-state index >= 15 is 0 Å². The van der Waals surface area contributed by atoms with Crippen LogP contribution >= 0.6 is 15.9 Å². The number of benzene rings is 1. The highest BCUT2D eigenvalue weighted by Crippen LogP contribution is 2.32. The van der Waals surface area contributed by atoms with Crippen LogP contribution in [0.1, 0.15) is 24.0 Å². The van der Waals surface area contributed by atoms with Gasteiger partial charge in [-0.25, -0.2) is 4.79 Å². The van der Waals surface area contributed by atoms with Gasteiger partial charge in [0, 0.05) is 4.47 Å². The molecule has 1 aliphatic rings. The van der Waals surface area contributed by atoms with Crippen LogP contribution < -0.4 is 5.32 Å². The van der Waals surface area contributed by atoms with Gasteiger partial charge in [0.15, 0.2) is 0 Å². The summed E-state index contributed by atoms with van der Waals surface area (Å²) >= 11 is 3.37. The maximum atomic E-state index is 11.9. The van der Waals surface area contributed by atoms with Crippen molar-refractivity contribution in [1.82, 2.24) is 5.32 Å². The van der Waals surface area contributed by atoms with Crippen LogP contribution in [0.3, 0.4) is 0 Å². The number of nitrogens with one attached hydrogen (secondary N) is 1. The SMILES string of the molecule is Cc1cc(Br)ccc1CC(=O)NC(C(=O)O)C1CC1. The molecule has 2 rings (SSSR count). The Morgan fingerprint density at radius 1 is 1.47 bits per heavy atom. The van der Waals surface area contributed by atoms with E-state index in [2.05, 4.69) is 21.2 Å². The van der Waals surface area contributed by atoms with Crippen molar-refractivity contribution in [3.8, 4) is 0 Å². The molecule has 1 aromatic rings. The van der Waals surface area contributed by atoms with Crippen LogP contribution in [0.5, 0.6) is 0 Å². The monoisotopic (exact) mass is 325 g/mol. The molecule has 2 N–H and O–H groups in total. The fraction of sp³-hybridized carbons (Fsp3) is 0.429. The average molecular weight is 326 g/mol. The lowest BCUT2D eigenvalue weighted by Gasteiger charge is -2.14. The molecule has 0 spiro atoms. The summed E-state index contributed by atoms with van der Waals surface area (Å²) in [5.74, 6) is -1.07. The highest BCUT2D eigenvalue weighted by atomic mass is 79.9. The molecular formula is C14H16BrNO3. The third kappa shape index (κ3) is 3.80. The molecule has 1 aromatic carbocycles. The molecule has 0 bridgehead atoms. The van der Waals surface area contributed by atoms with Gasteiger partial charge in [0.1, 0.15) is 6.04 Å². The van der Waals surface area contributed by atoms with Crippen LogP contribution in [0, 0.1) is 12.8 Å². The van der Waals surface area contributed by atoms with Crippen molar-refractivity contribution in [1.29, 1.82) is 0 Å². The fourth-order valence-electron chi connectivity index (χ4n) is 2.07. The summed E-state index contributed by atoms with van der Waals surface area (Å²) in [6.07, 6.45) is 1.98. The average Bonchev–Trinajstić information content (AvgIpc) is 3.13. The summed E-state index contributed by atoms with van der Waals surface area (Å²) in [5, 5.41) is 11.7. The maximum absolute atomic E-state index is 11.9. The summed E-state index contributed by atoms with van der Waals surface area (Å²) in [7, 11) is 0. The van der Waals surface area contributed by atoms with Crippen molar-refractivity contribution in [3.05, 3.63) is 33.8 Å². The number of hydrogen-bond donors (Lipinski definition) is 2. The minimum atomic E-state index is -0.941. The molecule has 1 fully saturated rings. The predicted octanol–water partition coefficient (Wildman–Crippen LogP) is 2.28. The normalized spacial score (nSPS) is 15.9. The lowest BCUT2D eigenvalue weighted by Crippen LogP contribution is -2.43. The third-order valence-electron chi connectivity index (χ3n) is 3.33. The Morgan fingerprint density at radius 3 is 2.68 bits per heavy atom. The first-order valence-corrected chi connectivity index (χ1v) is 7.04. The number of amides is 1. The van der Waals surface area contributed by atoms with E-state index in [0.717, 1.165) is 28.4 Å². The Labute approximate surface area is 120 Å². The highest BCUT2D eigenvalue weighted by molar-refractivity contribution is 9.10. The standard InChI is InChI=1S/C14H16BrNO3/c1-8-6-11(15)5-4-10(8)7-12(17)16-13(14(18)19)9-2-3-9/h4-6,9,13H,2-3,7H2,1H3,(H,16,17)(H,18,19). The first-order chi connectivity index (χ1) is 8.97. The fourth-order valence-corrected chi connectivity index (χ4v) is 2.54.